The molecule has 6 heteroatoms. The number of nitrogens with one attached hydrogen (secondary N) is 1. The lowest BCUT2D eigenvalue weighted by atomic mass is 10.1. The van der Waals surface area contributed by atoms with Gasteiger partial charge in [-0.05, 0) is 56.1 Å². The van der Waals surface area contributed by atoms with Crippen molar-refractivity contribution in [2.45, 2.75) is 32.7 Å². The van der Waals surface area contributed by atoms with Crippen molar-refractivity contribution in [1.82, 2.24) is 15.0 Å². The zero-order chi connectivity index (χ0) is 17.9. The minimum absolute atomic E-state index is 0.185. The van der Waals surface area contributed by atoms with Crippen LogP contribution in [0.25, 0.3) is 11.1 Å². The molecule has 3 aromatic rings. The van der Waals surface area contributed by atoms with Gasteiger partial charge in [0.15, 0.2) is 0 Å². The minimum atomic E-state index is -0.185. The maximum Gasteiger partial charge on any atom is 0.257 e. The number of aromatic nitrogens is 2. The molecule has 1 aliphatic heterocycles. The van der Waals surface area contributed by atoms with Crippen LogP contribution in [0.3, 0.4) is 0 Å². The Labute approximate surface area is 152 Å². The molecule has 0 bridgehead atoms. The molecule has 26 heavy (non-hydrogen) atoms. The van der Waals surface area contributed by atoms with E-state index in [1.807, 2.05) is 19.1 Å². The van der Waals surface area contributed by atoms with E-state index in [4.69, 9.17) is 4.52 Å². The van der Waals surface area contributed by atoms with Crippen molar-refractivity contribution in [2.75, 3.05) is 18.4 Å². The van der Waals surface area contributed by atoms with Gasteiger partial charge >= 0.3 is 0 Å². The second kappa shape index (κ2) is 7.25. The van der Waals surface area contributed by atoms with Gasteiger partial charge in [0.25, 0.3) is 11.6 Å². The van der Waals surface area contributed by atoms with E-state index in [2.05, 4.69) is 32.5 Å². The number of likely N-dealkylation sites (tertiary alicyclic amines) is 1. The molecule has 0 saturated carbocycles. The molecule has 1 saturated heterocycles. The number of nitrogens with zero attached hydrogens (tertiary/aromatic N) is 3. The van der Waals surface area contributed by atoms with Crippen molar-refractivity contribution in [3.8, 4) is 0 Å². The van der Waals surface area contributed by atoms with E-state index >= 15 is 0 Å². The molecule has 0 spiro atoms. The SMILES string of the molecule is CCc1noc2ncc(C(=O)Nc3ccc(CN4CCCC4)cc3)cc12. The number of hydrogen-bond donors (Lipinski definition) is 1. The highest BCUT2D eigenvalue weighted by atomic mass is 16.5. The van der Waals surface area contributed by atoms with Gasteiger partial charge in [0.1, 0.15) is 0 Å². The number of amides is 1. The molecule has 0 aliphatic carbocycles. The van der Waals surface area contributed by atoms with E-state index in [1.165, 1.54) is 37.7 Å². The molecule has 134 valence electrons. The summed E-state index contributed by atoms with van der Waals surface area (Å²) in [5.41, 5.74) is 3.82. The topological polar surface area (TPSA) is 71.3 Å². The number of carbonyl (C=O) groups is 1. The summed E-state index contributed by atoms with van der Waals surface area (Å²) >= 11 is 0. The molecule has 0 radical (unpaired) electrons. The van der Waals surface area contributed by atoms with E-state index in [0.717, 1.165) is 29.7 Å². The number of carbonyl (C=O) groups excluding carboxylic acids is 1. The summed E-state index contributed by atoms with van der Waals surface area (Å²) in [6.07, 6.45) is 4.83. The molecule has 1 aliphatic rings. The van der Waals surface area contributed by atoms with Crippen LogP contribution < -0.4 is 5.32 Å². The monoisotopic (exact) mass is 350 g/mol. The van der Waals surface area contributed by atoms with Crippen molar-refractivity contribution >= 4 is 22.7 Å². The third-order valence-electron chi connectivity index (χ3n) is 4.82. The van der Waals surface area contributed by atoms with Crippen molar-refractivity contribution in [3.63, 3.8) is 0 Å². The van der Waals surface area contributed by atoms with Crippen LogP contribution in [0.4, 0.5) is 5.69 Å². The first-order valence-corrected chi connectivity index (χ1v) is 9.10. The Bertz CT molecular complexity index is 911. The first-order valence-electron chi connectivity index (χ1n) is 9.10. The molecule has 0 atom stereocenters. The van der Waals surface area contributed by atoms with E-state index in [9.17, 15) is 4.79 Å². The molecule has 2 aromatic heterocycles. The molecule has 1 N–H and O–H groups in total. The fraction of sp³-hybridized carbons (Fsp3) is 0.350. The van der Waals surface area contributed by atoms with Crippen LogP contribution in [0.5, 0.6) is 0 Å². The first kappa shape index (κ1) is 16.7. The standard InChI is InChI=1S/C20H22N4O2/c1-2-18-17-11-15(12-21-20(17)26-23-18)19(25)22-16-7-5-14(6-8-16)13-24-9-3-4-10-24/h5-8,11-12H,2-4,9-10,13H2,1H3,(H,22,25). The van der Waals surface area contributed by atoms with Gasteiger partial charge in [-0.25, -0.2) is 4.98 Å². The summed E-state index contributed by atoms with van der Waals surface area (Å²) in [6, 6.07) is 9.84. The molecule has 0 unspecified atom stereocenters. The van der Waals surface area contributed by atoms with E-state index < -0.39 is 0 Å². The summed E-state index contributed by atoms with van der Waals surface area (Å²) < 4.78 is 5.16. The maximum atomic E-state index is 12.5. The predicted molar refractivity (Wildman–Crippen MR) is 100 cm³/mol. The molecule has 3 heterocycles. The lowest BCUT2D eigenvalue weighted by Crippen LogP contribution is -2.18. The van der Waals surface area contributed by atoms with Gasteiger partial charge in [-0.2, -0.15) is 0 Å². The van der Waals surface area contributed by atoms with Crippen molar-refractivity contribution in [2.24, 2.45) is 0 Å². The molecule has 1 amide bonds. The van der Waals surface area contributed by atoms with Gasteiger partial charge in [0.2, 0.25) is 0 Å². The number of hydrogen-bond acceptors (Lipinski definition) is 5. The van der Waals surface area contributed by atoms with E-state index in [1.54, 1.807) is 6.07 Å². The fourth-order valence-electron chi connectivity index (χ4n) is 3.35. The normalized spacial score (nSPS) is 14.8. The Morgan fingerprint density at radius 3 is 2.73 bits per heavy atom. The quantitative estimate of drug-likeness (QED) is 0.761. The highest BCUT2D eigenvalue weighted by Gasteiger charge is 2.14. The van der Waals surface area contributed by atoms with Gasteiger partial charge in [-0.3, -0.25) is 9.69 Å². The Hall–Kier alpha value is -2.73. The number of rotatable bonds is 5. The van der Waals surface area contributed by atoms with Gasteiger partial charge < -0.3 is 9.84 Å². The van der Waals surface area contributed by atoms with Crippen LogP contribution in [0.2, 0.25) is 0 Å². The Balaban J connectivity index is 1.45. The van der Waals surface area contributed by atoms with Gasteiger partial charge in [-0.15, -0.1) is 0 Å². The summed E-state index contributed by atoms with van der Waals surface area (Å²) in [4.78, 5) is 19.2. The van der Waals surface area contributed by atoms with Crippen LogP contribution in [0.15, 0.2) is 41.1 Å². The Kier molecular flexibility index (Phi) is 4.67. The Morgan fingerprint density at radius 1 is 1.23 bits per heavy atom. The smallest absolute Gasteiger partial charge is 0.257 e. The fourth-order valence-corrected chi connectivity index (χ4v) is 3.35. The summed E-state index contributed by atoms with van der Waals surface area (Å²) in [5, 5.41) is 7.70. The second-order valence-corrected chi connectivity index (χ2v) is 6.69. The number of anilines is 1. The van der Waals surface area contributed by atoms with Gasteiger partial charge in [0.05, 0.1) is 16.6 Å². The lowest BCUT2D eigenvalue weighted by molar-refractivity contribution is 0.102. The van der Waals surface area contributed by atoms with Crippen molar-refractivity contribution < 1.29 is 9.32 Å². The van der Waals surface area contributed by atoms with Crippen LogP contribution in [0.1, 0.15) is 41.4 Å². The number of pyridine rings is 1. The van der Waals surface area contributed by atoms with E-state index in [0.29, 0.717) is 11.3 Å². The van der Waals surface area contributed by atoms with Crippen molar-refractivity contribution in [3.05, 3.63) is 53.3 Å². The largest absolute Gasteiger partial charge is 0.336 e. The van der Waals surface area contributed by atoms with Crippen LogP contribution in [-0.4, -0.2) is 34.0 Å². The third kappa shape index (κ3) is 3.46. The lowest BCUT2D eigenvalue weighted by Gasteiger charge is -2.14. The van der Waals surface area contributed by atoms with Crippen molar-refractivity contribution in [1.29, 1.82) is 0 Å². The van der Waals surface area contributed by atoms with Crippen LogP contribution in [-0.2, 0) is 13.0 Å². The van der Waals surface area contributed by atoms with Crippen LogP contribution >= 0.6 is 0 Å². The Morgan fingerprint density at radius 2 is 2.00 bits per heavy atom. The predicted octanol–water partition coefficient (Wildman–Crippen LogP) is 3.63. The summed E-state index contributed by atoms with van der Waals surface area (Å²) in [6.45, 7) is 5.32. The first-order chi connectivity index (χ1) is 12.7. The zero-order valence-corrected chi connectivity index (χ0v) is 14.9. The molecule has 4 rings (SSSR count). The summed E-state index contributed by atoms with van der Waals surface area (Å²) in [5.74, 6) is -0.185. The highest BCUT2D eigenvalue weighted by Crippen LogP contribution is 2.20. The van der Waals surface area contributed by atoms with Gasteiger partial charge in [-0.1, -0.05) is 24.2 Å². The number of benzene rings is 1. The average molecular weight is 350 g/mol. The highest BCUT2D eigenvalue weighted by molar-refractivity contribution is 6.05. The molecule has 1 fully saturated rings. The molecule has 6 nitrogen and oxygen atoms in total. The number of aryl methyl sites for hydroxylation is 1. The average Bonchev–Trinajstić information content (AvgIpc) is 3.32. The van der Waals surface area contributed by atoms with E-state index in [-0.39, 0.29) is 5.91 Å². The summed E-state index contributed by atoms with van der Waals surface area (Å²) in [7, 11) is 0. The molecular formula is C20H22N4O2. The minimum Gasteiger partial charge on any atom is -0.336 e. The second-order valence-electron chi connectivity index (χ2n) is 6.69. The number of fused-ring (bicyclic) bond motifs is 1. The van der Waals surface area contributed by atoms with Gasteiger partial charge in [0, 0.05) is 18.4 Å². The molecule has 1 aromatic carbocycles. The third-order valence-corrected chi connectivity index (χ3v) is 4.82. The molecular weight excluding hydrogens is 328 g/mol. The zero-order valence-electron chi connectivity index (χ0n) is 14.9. The van der Waals surface area contributed by atoms with Crippen LogP contribution in [0, 0.1) is 0 Å². The maximum absolute atomic E-state index is 12.5.